The largest absolute Gasteiger partial charge is 0.486 e. The van der Waals surface area contributed by atoms with Crippen LogP contribution >= 0.6 is 0 Å². The highest BCUT2D eigenvalue weighted by Crippen LogP contribution is 2.39. The van der Waals surface area contributed by atoms with Crippen molar-refractivity contribution in [2.24, 2.45) is 4.99 Å². The second-order valence-corrected chi connectivity index (χ2v) is 5.87. The van der Waals surface area contributed by atoms with E-state index in [1.807, 2.05) is 18.2 Å². The SMILES string of the molecule is OC1(c2ccc3c(c2)OCCO3)CN=C2CCCCCN21. The fraction of sp³-hybridized carbons (Fsp3) is 0.562. The Morgan fingerprint density at radius 3 is 2.86 bits per heavy atom. The average Bonchev–Trinajstić information content (AvgIpc) is 2.72. The number of benzene rings is 1. The van der Waals surface area contributed by atoms with E-state index in [0.29, 0.717) is 19.8 Å². The minimum Gasteiger partial charge on any atom is -0.486 e. The van der Waals surface area contributed by atoms with Crippen LogP contribution in [0, 0.1) is 0 Å². The molecule has 3 heterocycles. The van der Waals surface area contributed by atoms with Crippen molar-refractivity contribution in [3.8, 4) is 11.5 Å². The van der Waals surface area contributed by atoms with Gasteiger partial charge in [0.05, 0.1) is 6.54 Å². The second kappa shape index (κ2) is 4.91. The van der Waals surface area contributed by atoms with Gasteiger partial charge in [0.25, 0.3) is 0 Å². The summed E-state index contributed by atoms with van der Waals surface area (Å²) < 4.78 is 11.2. The first-order chi connectivity index (χ1) is 10.3. The van der Waals surface area contributed by atoms with E-state index in [4.69, 9.17) is 9.47 Å². The molecule has 1 aromatic rings. The maximum Gasteiger partial charge on any atom is 0.185 e. The van der Waals surface area contributed by atoms with E-state index in [0.717, 1.165) is 48.7 Å². The quantitative estimate of drug-likeness (QED) is 0.857. The minimum absolute atomic E-state index is 0.405. The van der Waals surface area contributed by atoms with Crippen LogP contribution in [0.1, 0.15) is 31.2 Å². The zero-order valence-corrected chi connectivity index (χ0v) is 12.0. The molecule has 1 atom stereocenters. The van der Waals surface area contributed by atoms with Gasteiger partial charge in [0.15, 0.2) is 17.2 Å². The Bertz CT molecular complexity index is 587. The zero-order valence-electron chi connectivity index (χ0n) is 12.0. The van der Waals surface area contributed by atoms with Crippen LogP contribution in [0.3, 0.4) is 0 Å². The molecule has 0 radical (unpaired) electrons. The Kier molecular flexibility index (Phi) is 3.03. The van der Waals surface area contributed by atoms with Gasteiger partial charge in [-0.1, -0.05) is 12.5 Å². The van der Waals surface area contributed by atoms with Crippen LogP contribution in [0.15, 0.2) is 23.2 Å². The number of ether oxygens (including phenoxy) is 2. The smallest absolute Gasteiger partial charge is 0.185 e. The summed E-state index contributed by atoms with van der Waals surface area (Å²) in [5.74, 6) is 2.52. The van der Waals surface area contributed by atoms with Gasteiger partial charge in [-0.3, -0.25) is 4.99 Å². The number of hydrogen-bond acceptors (Lipinski definition) is 5. The molecule has 0 saturated carbocycles. The maximum absolute atomic E-state index is 11.2. The van der Waals surface area contributed by atoms with Crippen LogP contribution < -0.4 is 9.47 Å². The summed E-state index contributed by atoms with van der Waals surface area (Å²) in [6.45, 7) is 2.40. The molecule has 0 aromatic heterocycles. The van der Waals surface area contributed by atoms with Gasteiger partial charge in [0.1, 0.15) is 19.0 Å². The normalized spacial score (nSPS) is 27.9. The van der Waals surface area contributed by atoms with Crippen molar-refractivity contribution in [2.45, 2.75) is 31.4 Å². The molecular formula is C16H20N2O3. The molecule has 0 amide bonds. The van der Waals surface area contributed by atoms with Gasteiger partial charge in [-0.2, -0.15) is 0 Å². The van der Waals surface area contributed by atoms with Gasteiger partial charge in [0.2, 0.25) is 0 Å². The van der Waals surface area contributed by atoms with E-state index in [1.165, 1.54) is 6.42 Å². The molecule has 0 aliphatic carbocycles. The van der Waals surface area contributed by atoms with Crippen molar-refractivity contribution in [3.05, 3.63) is 23.8 Å². The number of nitrogens with zero attached hydrogens (tertiary/aromatic N) is 2. The predicted molar refractivity (Wildman–Crippen MR) is 78.8 cm³/mol. The maximum atomic E-state index is 11.2. The Morgan fingerprint density at radius 2 is 1.95 bits per heavy atom. The Balaban J connectivity index is 1.69. The third-order valence-electron chi connectivity index (χ3n) is 4.53. The highest BCUT2D eigenvalue weighted by molar-refractivity contribution is 5.85. The molecule has 1 fully saturated rings. The van der Waals surface area contributed by atoms with Crippen LogP contribution in [-0.2, 0) is 5.72 Å². The van der Waals surface area contributed by atoms with Crippen molar-refractivity contribution in [2.75, 3.05) is 26.3 Å². The number of aliphatic hydroxyl groups is 1. The van der Waals surface area contributed by atoms with Gasteiger partial charge in [-0.05, 0) is 25.0 Å². The summed E-state index contributed by atoms with van der Waals surface area (Å²) in [6.07, 6.45) is 4.43. The summed E-state index contributed by atoms with van der Waals surface area (Å²) >= 11 is 0. The van der Waals surface area contributed by atoms with Crippen molar-refractivity contribution >= 4 is 5.84 Å². The molecule has 0 bridgehead atoms. The van der Waals surface area contributed by atoms with E-state index < -0.39 is 5.72 Å². The highest BCUT2D eigenvalue weighted by atomic mass is 16.6. The predicted octanol–water partition coefficient (Wildman–Crippen LogP) is 1.89. The third kappa shape index (κ3) is 2.07. The summed E-state index contributed by atoms with van der Waals surface area (Å²) in [5, 5.41) is 11.2. The Hall–Kier alpha value is -1.75. The van der Waals surface area contributed by atoms with Crippen molar-refractivity contribution in [1.82, 2.24) is 4.90 Å². The van der Waals surface area contributed by atoms with E-state index in [1.54, 1.807) is 0 Å². The molecule has 3 aliphatic heterocycles. The molecule has 5 heteroatoms. The van der Waals surface area contributed by atoms with Crippen LogP contribution in [0.5, 0.6) is 11.5 Å². The van der Waals surface area contributed by atoms with E-state index in [-0.39, 0.29) is 0 Å². The highest BCUT2D eigenvalue weighted by Gasteiger charge is 2.43. The standard InChI is InChI=1S/C16H20N2O3/c19-16(11-17-15-4-2-1-3-7-18(15)16)12-5-6-13-14(10-12)21-9-8-20-13/h5-6,10,19H,1-4,7-9,11H2. The molecule has 4 rings (SSSR count). The first-order valence-corrected chi connectivity index (χ1v) is 7.71. The number of fused-ring (bicyclic) bond motifs is 2. The van der Waals surface area contributed by atoms with Gasteiger partial charge < -0.3 is 19.5 Å². The van der Waals surface area contributed by atoms with Crippen molar-refractivity contribution in [3.63, 3.8) is 0 Å². The van der Waals surface area contributed by atoms with Gasteiger partial charge in [-0.15, -0.1) is 0 Å². The monoisotopic (exact) mass is 288 g/mol. The number of aliphatic imine (C=N–C) groups is 1. The number of hydrogen-bond donors (Lipinski definition) is 1. The van der Waals surface area contributed by atoms with E-state index in [9.17, 15) is 5.11 Å². The molecule has 3 aliphatic rings. The molecule has 21 heavy (non-hydrogen) atoms. The lowest BCUT2D eigenvalue weighted by molar-refractivity contribution is -0.0559. The van der Waals surface area contributed by atoms with Crippen LogP contribution in [0.25, 0.3) is 0 Å². The van der Waals surface area contributed by atoms with Crippen molar-refractivity contribution in [1.29, 1.82) is 0 Å². The fourth-order valence-corrected chi connectivity index (χ4v) is 3.38. The summed E-state index contributed by atoms with van der Waals surface area (Å²) in [4.78, 5) is 6.65. The van der Waals surface area contributed by atoms with Gasteiger partial charge in [0, 0.05) is 18.5 Å². The minimum atomic E-state index is -1.03. The molecular weight excluding hydrogens is 268 g/mol. The molecule has 0 spiro atoms. The molecule has 1 unspecified atom stereocenters. The zero-order chi connectivity index (χ0) is 14.3. The van der Waals surface area contributed by atoms with Crippen LogP contribution in [-0.4, -0.2) is 42.1 Å². The number of amidine groups is 1. The molecule has 5 nitrogen and oxygen atoms in total. The van der Waals surface area contributed by atoms with E-state index in [2.05, 4.69) is 9.89 Å². The first-order valence-electron chi connectivity index (χ1n) is 7.71. The van der Waals surface area contributed by atoms with Crippen molar-refractivity contribution < 1.29 is 14.6 Å². The van der Waals surface area contributed by atoms with Crippen LogP contribution in [0.2, 0.25) is 0 Å². The Labute approximate surface area is 124 Å². The fourth-order valence-electron chi connectivity index (χ4n) is 3.38. The first kappa shape index (κ1) is 13.0. The summed E-state index contributed by atoms with van der Waals surface area (Å²) in [6, 6.07) is 5.71. The van der Waals surface area contributed by atoms with E-state index >= 15 is 0 Å². The Morgan fingerprint density at radius 1 is 1.10 bits per heavy atom. The summed E-state index contributed by atoms with van der Waals surface area (Å²) in [5.41, 5.74) is -0.192. The lowest BCUT2D eigenvalue weighted by Gasteiger charge is -2.36. The molecule has 1 aromatic carbocycles. The second-order valence-electron chi connectivity index (χ2n) is 5.87. The van der Waals surface area contributed by atoms with Crippen LogP contribution in [0.4, 0.5) is 0 Å². The van der Waals surface area contributed by atoms with Gasteiger partial charge >= 0.3 is 0 Å². The molecule has 1 N–H and O–H groups in total. The third-order valence-corrected chi connectivity index (χ3v) is 4.53. The molecule has 112 valence electrons. The number of rotatable bonds is 1. The average molecular weight is 288 g/mol. The van der Waals surface area contributed by atoms with Gasteiger partial charge in [-0.25, -0.2) is 0 Å². The lowest BCUT2D eigenvalue weighted by atomic mass is 10.0. The summed E-state index contributed by atoms with van der Waals surface area (Å²) in [7, 11) is 0. The lowest BCUT2D eigenvalue weighted by Crippen LogP contribution is -2.46. The molecule has 1 saturated heterocycles. The topological polar surface area (TPSA) is 54.3 Å².